The van der Waals surface area contributed by atoms with Crippen LogP contribution in [-0.4, -0.2) is 22.0 Å². The lowest BCUT2D eigenvalue weighted by atomic mass is 10.1. The van der Waals surface area contributed by atoms with Crippen LogP contribution in [0.25, 0.3) is 0 Å². The van der Waals surface area contributed by atoms with Gasteiger partial charge in [-0.3, -0.25) is 4.79 Å². The number of aromatic nitrogens is 2. The summed E-state index contributed by atoms with van der Waals surface area (Å²) in [7, 11) is 0. The number of amides is 1. The van der Waals surface area contributed by atoms with Crippen LogP contribution >= 0.6 is 23.1 Å². The first-order chi connectivity index (χ1) is 10.2. The smallest absolute Gasteiger partial charge is 0.269 e. The van der Waals surface area contributed by atoms with E-state index in [-0.39, 0.29) is 12.5 Å². The molecule has 1 aromatic carbocycles. The number of carbonyl (C=O) groups is 1. The van der Waals surface area contributed by atoms with Crippen LogP contribution in [0.4, 0.5) is 5.69 Å². The Morgan fingerprint density at radius 1 is 1.52 bits per heavy atom. The average molecular weight is 321 g/mol. The van der Waals surface area contributed by atoms with Gasteiger partial charge in [0, 0.05) is 10.6 Å². The highest BCUT2D eigenvalue weighted by Gasteiger charge is 2.16. The van der Waals surface area contributed by atoms with Gasteiger partial charge in [-0.05, 0) is 36.2 Å². The molecule has 0 unspecified atom stereocenters. The topological polar surface area (TPSA) is 80.9 Å². The number of aryl methyl sites for hydroxylation is 1. The molecule has 0 saturated heterocycles. The van der Waals surface area contributed by atoms with Crippen LogP contribution in [0.2, 0.25) is 5.02 Å². The fourth-order valence-electron chi connectivity index (χ4n) is 1.67. The second-order valence-corrected chi connectivity index (χ2v) is 5.24. The van der Waals surface area contributed by atoms with E-state index in [2.05, 4.69) is 26.7 Å². The van der Waals surface area contributed by atoms with Gasteiger partial charge in [0.25, 0.3) is 5.91 Å². The van der Waals surface area contributed by atoms with Crippen molar-refractivity contribution in [1.29, 1.82) is 0 Å². The van der Waals surface area contributed by atoms with Gasteiger partial charge in [-0.2, -0.15) is 0 Å². The predicted molar refractivity (Wildman–Crippen MR) is 84.6 cm³/mol. The van der Waals surface area contributed by atoms with Crippen LogP contribution in [0.1, 0.15) is 27.9 Å². The molecule has 1 aromatic heterocycles. The van der Waals surface area contributed by atoms with Gasteiger partial charge in [0.05, 0.1) is 17.9 Å². The van der Waals surface area contributed by atoms with Crippen LogP contribution in [0, 0.1) is 11.8 Å². The molecule has 0 fully saturated rings. The van der Waals surface area contributed by atoms with Crippen molar-refractivity contribution in [2.24, 2.45) is 5.73 Å². The highest BCUT2D eigenvalue weighted by molar-refractivity contribution is 7.08. The van der Waals surface area contributed by atoms with Crippen LogP contribution in [0.5, 0.6) is 0 Å². The first-order valence-electron chi connectivity index (χ1n) is 6.26. The summed E-state index contributed by atoms with van der Waals surface area (Å²) in [6, 6.07) is 5.11. The number of nitrogens with two attached hydrogens (primary N) is 1. The highest BCUT2D eigenvalue weighted by atomic mass is 35.5. The van der Waals surface area contributed by atoms with Crippen molar-refractivity contribution in [2.45, 2.75) is 13.3 Å². The Balaban J connectivity index is 2.30. The molecule has 21 heavy (non-hydrogen) atoms. The molecule has 0 aliphatic carbocycles. The van der Waals surface area contributed by atoms with Gasteiger partial charge in [0.1, 0.15) is 4.88 Å². The third-order valence-corrected chi connectivity index (χ3v) is 3.65. The van der Waals surface area contributed by atoms with Gasteiger partial charge in [0.15, 0.2) is 0 Å². The summed E-state index contributed by atoms with van der Waals surface area (Å²) in [5, 5.41) is 7.24. The number of nitrogens with zero attached hydrogens (tertiary/aromatic N) is 2. The normalized spacial score (nSPS) is 9.86. The van der Waals surface area contributed by atoms with E-state index in [9.17, 15) is 4.79 Å². The molecule has 0 saturated carbocycles. The molecular weight excluding hydrogens is 308 g/mol. The van der Waals surface area contributed by atoms with Crippen molar-refractivity contribution in [3.63, 3.8) is 0 Å². The first kappa shape index (κ1) is 15.4. The lowest BCUT2D eigenvalue weighted by Gasteiger charge is -2.07. The van der Waals surface area contributed by atoms with Crippen molar-refractivity contribution in [1.82, 2.24) is 9.59 Å². The number of hydrogen-bond donors (Lipinski definition) is 2. The Bertz CT molecular complexity index is 717. The zero-order valence-corrected chi connectivity index (χ0v) is 12.9. The zero-order valence-electron chi connectivity index (χ0n) is 11.3. The molecule has 0 aliphatic heterocycles. The number of nitrogens with one attached hydrogen (secondary N) is 1. The van der Waals surface area contributed by atoms with Crippen molar-refractivity contribution >= 4 is 34.7 Å². The molecule has 0 atom stereocenters. The van der Waals surface area contributed by atoms with Crippen LogP contribution in [-0.2, 0) is 6.42 Å². The minimum absolute atomic E-state index is 0.245. The lowest BCUT2D eigenvalue weighted by molar-refractivity contribution is 0.102. The van der Waals surface area contributed by atoms with Gasteiger partial charge < -0.3 is 11.1 Å². The third kappa shape index (κ3) is 3.79. The van der Waals surface area contributed by atoms with Crippen molar-refractivity contribution in [3.8, 4) is 11.8 Å². The summed E-state index contributed by atoms with van der Waals surface area (Å²) < 4.78 is 3.81. The molecule has 1 heterocycles. The molecule has 2 rings (SSSR count). The summed E-state index contributed by atoms with van der Waals surface area (Å²) in [5.41, 5.74) is 7.25. The number of halogens is 1. The van der Waals surface area contributed by atoms with Gasteiger partial charge in [-0.15, -0.1) is 5.10 Å². The van der Waals surface area contributed by atoms with Crippen LogP contribution in [0.15, 0.2) is 18.2 Å². The Hall–Kier alpha value is -1.94. The minimum atomic E-state index is -0.264. The van der Waals surface area contributed by atoms with E-state index in [0.29, 0.717) is 33.3 Å². The fourth-order valence-corrected chi connectivity index (χ4v) is 2.48. The van der Waals surface area contributed by atoms with Gasteiger partial charge >= 0.3 is 0 Å². The highest BCUT2D eigenvalue weighted by Crippen LogP contribution is 2.22. The third-order valence-electron chi connectivity index (χ3n) is 2.65. The molecule has 5 nitrogen and oxygen atoms in total. The number of rotatable bonds is 3. The summed E-state index contributed by atoms with van der Waals surface area (Å²) in [4.78, 5) is 12.8. The molecule has 0 spiro atoms. The average Bonchev–Trinajstić information content (AvgIpc) is 2.95. The van der Waals surface area contributed by atoms with Gasteiger partial charge in [0.2, 0.25) is 0 Å². The van der Waals surface area contributed by atoms with Crippen molar-refractivity contribution < 1.29 is 4.79 Å². The molecule has 0 aliphatic rings. The maximum Gasteiger partial charge on any atom is 0.269 e. The minimum Gasteiger partial charge on any atom is -0.320 e. The van der Waals surface area contributed by atoms with E-state index < -0.39 is 0 Å². The Kier molecular flexibility index (Phi) is 5.28. The Morgan fingerprint density at radius 3 is 3.05 bits per heavy atom. The number of benzene rings is 1. The SMILES string of the molecule is CCc1nnsc1C(=O)Nc1cc(Cl)ccc1C#CCN. The van der Waals surface area contributed by atoms with E-state index in [4.69, 9.17) is 17.3 Å². The molecule has 2 aromatic rings. The Labute approximate surface area is 131 Å². The molecule has 0 radical (unpaired) electrons. The fraction of sp³-hybridized carbons (Fsp3) is 0.214. The summed E-state index contributed by atoms with van der Waals surface area (Å²) in [5.74, 6) is 5.40. The molecule has 108 valence electrons. The maximum absolute atomic E-state index is 12.3. The predicted octanol–water partition coefficient (Wildman–Crippen LogP) is 2.32. The number of carbonyl (C=O) groups excluding carboxylic acids is 1. The van der Waals surface area contributed by atoms with Crippen molar-refractivity contribution in [2.75, 3.05) is 11.9 Å². The summed E-state index contributed by atoms with van der Waals surface area (Å²) in [6.07, 6.45) is 0.647. The lowest BCUT2D eigenvalue weighted by Crippen LogP contribution is -2.13. The monoisotopic (exact) mass is 320 g/mol. The van der Waals surface area contributed by atoms with E-state index in [0.717, 1.165) is 11.5 Å². The van der Waals surface area contributed by atoms with Gasteiger partial charge in [-0.1, -0.05) is 34.9 Å². The maximum atomic E-state index is 12.3. The van der Waals surface area contributed by atoms with Crippen LogP contribution < -0.4 is 11.1 Å². The number of hydrogen-bond acceptors (Lipinski definition) is 5. The van der Waals surface area contributed by atoms with E-state index in [1.165, 1.54) is 0 Å². The zero-order chi connectivity index (χ0) is 15.2. The van der Waals surface area contributed by atoms with E-state index in [1.807, 2.05) is 6.92 Å². The van der Waals surface area contributed by atoms with E-state index in [1.54, 1.807) is 18.2 Å². The molecule has 1 amide bonds. The largest absolute Gasteiger partial charge is 0.320 e. The summed E-state index contributed by atoms with van der Waals surface area (Å²) in [6.45, 7) is 2.17. The second kappa shape index (κ2) is 7.18. The first-order valence-corrected chi connectivity index (χ1v) is 7.42. The quantitative estimate of drug-likeness (QED) is 0.850. The van der Waals surface area contributed by atoms with Crippen molar-refractivity contribution in [3.05, 3.63) is 39.4 Å². The van der Waals surface area contributed by atoms with Crippen LogP contribution in [0.3, 0.4) is 0 Å². The molecular formula is C14H13ClN4OS. The molecule has 3 N–H and O–H groups in total. The second-order valence-electron chi connectivity index (χ2n) is 4.05. The van der Waals surface area contributed by atoms with Gasteiger partial charge in [-0.25, -0.2) is 0 Å². The Morgan fingerprint density at radius 2 is 2.33 bits per heavy atom. The molecule has 7 heteroatoms. The number of anilines is 1. The summed E-state index contributed by atoms with van der Waals surface area (Å²) >= 11 is 7.04. The standard InChI is InChI=1S/C14H13ClN4OS/c1-2-11-13(21-19-18-11)14(20)17-12-8-10(15)6-5-9(12)4-3-7-16/h5-6,8H,2,7,16H2,1H3,(H,17,20). The molecule has 0 bridgehead atoms. The van der Waals surface area contributed by atoms with E-state index >= 15 is 0 Å².